The molecule has 2 heterocycles. The number of halogens is 1. The van der Waals surface area contributed by atoms with Crippen molar-refractivity contribution in [1.29, 1.82) is 0 Å². The van der Waals surface area contributed by atoms with Gasteiger partial charge in [0, 0.05) is 20.2 Å². The Bertz CT molecular complexity index is 513. The van der Waals surface area contributed by atoms with Gasteiger partial charge in [0.05, 0.1) is 12.3 Å². The van der Waals surface area contributed by atoms with Crippen LogP contribution in [-0.4, -0.2) is 34.9 Å². The Hall–Kier alpha value is -1.18. The maximum Gasteiger partial charge on any atom is 0.155 e. The van der Waals surface area contributed by atoms with Crippen LogP contribution < -0.4 is 11.1 Å². The Labute approximate surface area is 107 Å². The van der Waals surface area contributed by atoms with E-state index in [9.17, 15) is 0 Å². The predicted molar refractivity (Wildman–Crippen MR) is 68.9 cm³/mol. The number of imidazole rings is 1. The SMILES string of the molecule is COCCNc1ccc2nc(CN)c(Br)n2n1. The van der Waals surface area contributed by atoms with E-state index >= 15 is 0 Å². The van der Waals surface area contributed by atoms with Crippen LogP contribution in [0.15, 0.2) is 16.7 Å². The number of methoxy groups -OCH3 is 1. The van der Waals surface area contributed by atoms with E-state index in [1.165, 1.54) is 0 Å². The molecule has 2 aromatic heterocycles. The Balaban J connectivity index is 2.26. The average Bonchev–Trinajstić information content (AvgIpc) is 2.67. The zero-order chi connectivity index (χ0) is 12.3. The summed E-state index contributed by atoms with van der Waals surface area (Å²) in [5.41, 5.74) is 7.16. The summed E-state index contributed by atoms with van der Waals surface area (Å²) >= 11 is 3.43. The average molecular weight is 300 g/mol. The molecule has 0 spiro atoms. The fourth-order valence-electron chi connectivity index (χ4n) is 1.46. The Morgan fingerprint density at radius 2 is 2.35 bits per heavy atom. The summed E-state index contributed by atoms with van der Waals surface area (Å²) in [5, 5.41) is 7.56. The predicted octanol–water partition coefficient (Wildman–Crippen LogP) is 1.01. The maximum absolute atomic E-state index is 5.59. The summed E-state index contributed by atoms with van der Waals surface area (Å²) < 4.78 is 7.48. The van der Waals surface area contributed by atoms with Gasteiger partial charge in [0.2, 0.25) is 0 Å². The minimum Gasteiger partial charge on any atom is -0.383 e. The number of nitrogens with zero attached hydrogens (tertiary/aromatic N) is 3. The van der Waals surface area contributed by atoms with Crippen LogP contribution in [0, 0.1) is 0 Å². The van der Waals surface area contributed by atoms with E-state index in [-0.39, 0.29) is 0 Å². The van der Waals surface area contributed by atoms with Gasteiger partial charge >= 0.3 is 0 Å². The van der Waals surface area contributed by atoms with Crippen molar-refractivity contribution in [3.8, 4) is 0 Å². The molecule has 0 aliphatic heterocycles. The van der Waals surface area contributed by atoms with E-state index in [1.54, 1.807) is 11.6 Å². The van der Waals surface area contributed by atoms with Crippen LogP contribution in [0.2, 0.25) is 0 Å². The van der Waals surface area contributed by atoms with Gasteiger partial charge in [-0.25, -0.2) is 9.50 Å². The lowest BCUT2D eigenvalue weighted by molar-refractivity contribution is 0.210. The number of anilines is 1. The molecule has 0 fully saturated rings. The minimum absolute atomic E-state index is 0.385. The number of nitrogens with one attached hydrogen (secondary N) is 1. The minimum atomic E-state index is 0.385. The standard InChI is InChI=1S/C10H14BrN5O/c1-17-5-4-13-8-2-3-9-14-7(6-12)10(11)16(9)15-8/h2-3H,4-6,12H2,1H3,(H,13,15). The van der Waals surface area contributed by atoms with Crippen molar-refractivity contribution in [2.24, 2.45) is 5.73 Å². The van der Waals surface area contributed by atoms with Gasteiger partial charge in [0.1, 0.15) is 10.4 Å². The molecule has 17 heavy (non-hydrogen) atoms. The third kappa shape index (κ3) is 2.56. The molecule has 0 aromatic carbocycles. The van der Waals surface area contributed by atoms with Crippen LogP contribution in [0.5, 0.6) is 0 Å². The van der Waals surface area contributed by atoms with E-state index in [2.05, 4.69) is 31.3 Å². The van der Waals surface area contributed by atoms with Crippen LogP contribution in [-0.2, 0) is 11.3 Å². The number of hydrogen-bond donors (Lipinski definition) is 2. The Morgan fingerprint density at radius 3 is 3.06 bits per heavy atom. The van der Waals surface area contributed by atoms with Crippen LogP contribution in [0.25, 0.3) is 5.65 Å². The summed E-state index contributed by atoms with van der Waals surface area (Å²) in [5.74, 6) is 0.774. The summed E-state index contributed by atoms with van der Waals surface area (Å²) in [6.45, 7) is 1.74. The molecule has 7 heteroatoms. The molecule has 2 rings (SSSR count). The first-order chi connectivity index (χ1) is 8.26. The first-order valence-electron chi connectivity index (χ1n) is 5.23. The molecular weight excluding hydrogens is 286 g/mol. The monoisotopic (exact) mass is 299 g/mol. The molecule has 0 unspecified atom stereocenters. The van der Waals surface area contributed by atoms with Gasteiger partial charge < -0.3 is 15.8 Å². The normalized spacial score (nSPS) is 11.0. The first kappa shape index (κ1) is 12.3. The second kappa shape index (κ2) is 5.44. The molecule has 2 aromatic rings. The number of fused-ring (bicyclic) bond motifs is 1. The van der Waals surface area contributed by atoms with Crippen molar-refractivity contribution in [3.63, 3.8) is 0 Å². The lowest BCUT2D eigenvalue weighted by Crippen LogP contribution is -2.10. The maximum atomic E-state index is 5.59. The third-order valence-electron chi connectivity index (χ3n) is 2.29. The van der Waals surface area contributed by atoms with Crippen molar-refractivity contribution >= 4 is 27.4 Å². The van der Waals surface area contributed by atoms with Crippen molar-refractivity contribution in [2.45, 2.75) is 6.54 Å². The second-order valence-electron chi connectivity index (χ2n) is 3.46. The second-order valence-corrected chi connectivity index (χ2v) is 4.21. The summed E-state index contributed by atoms with van der Waals surface area (Å²) in [4.78, 5) is 4.34. The van der Waals surface area contributed by atoms with Crippen LogP contribution in [0.4, 0.5) is 5.82 Å². The summed E-state index contributed by atoms with van der Waals surface area (Å²) in [6, 6.07) is 3.77. The number of hydrogen-bond acceptors (Lipinski definition) is 5. The van der Waals surface area contributed by atoms with E-state index in [1.807, 2.05) is 12.1 Å². The van der Waals surface area contributed by atoms with E-state index in [0.29, 0.717) is 19.7 Å². The highest BCUT2D eigenvalue weighted by molar-refractivity contribution is 9.10. The fraction of sp³-hybridized carbons (Fsp3) is 0.400. The van der Waals surface area contributed by atoms with Gasteiger partial charge in [-0.2, -0.15) is 0 Å². The zero-order valence-corrected chi connectivity index (χ0v) is 11.1. The van der Waals surface area contributed by atoms with E-state index in [4.69, 9.17) is 10.5 Å². The number of rotatable bonds is 5. The van der Waals surface area contributed by atoms with E-state index in [0.717, 1.165) is 21.8 Å². The van der Waals surface area contributed by atoms with Gasteiger partial charge in [0.15, 0.2) is 5.65 Å². The van der Waals surface area contributed by atoms with Crippen LogP contribution in [0.1, 0.15) is 5.69 Å². The van der Waals surface area contributed by atoms with Gasteiger partial charge in [-0.3, -0.25) is 0 Å². The molecule has 0 bridgehead atoms. The number of nitrogens with two attached hydrogens (primary N) is 1. The van der Waals surface area contributed by atoms with Crippen molar-refractivity contribution in [1.82, 2.24) is 14.6 Å². The van der Waals surface area contributed by atoms with Crippen LogP contribution in [0.3, 0.4) is 0 Å². The van der Waals surface area contributed by atoms with Gasteiger partial charge in [-0.05, 0) is 28.1 Å². The molecule has 6 nitrogen and oxygen atoms in total. The van der Waals surface area contributed by atoms with Crippen LogP contribution >= 0.6 is 15.9 Å². The fourth-order valence-corrected chi connectivity index (χ4v) is 1.97. The highest BCUT2D eigenvalue weighted by atomic mass is 79.9. The van der Waals surface area contributed by atoms with Crippen molar-refractivity contribution in [2.75, 3.05) is 25.6 Å². The molecule has 0 atom stereocenters. The molecule has 0 aliphatic carbocycles. The lowest BCUT2D eigenvalue weighted by atomic mass is 10.5. The Morgan fingerprint density at radius 1 is 1.53 bits per heavy atom. The topological polar surface area (TPSA) is 77.5 Å². The molecule has 0 amide bonds. The van der Waals surface area contributed by atoms with Gasteiger partial charge in [-0.1, -0.05) is 0 Å². The van der Waals surface area contributed by atoms with E-state index < -0.39 is 0 Å². The smallest absolute Gasteiger partial charge is 0.155 e. The molecule has 0 radical (unpaired) electrons. The quantitative estimate of drug-likeness (QED) is 0.806. The van der Waals surface area contributed by atoms with Gasteiger partial charge in [0.25, 0.3) is 0 Å². The largest absolute Gasteiger partial charge is 0.383 e. The summed E-state index contributed by atoms with van der Waals surface area (Å²) in [7, 11) is 1.66. The molecule has 3 N–H and O–H groups in total. The zero-order valence-electron chi connectivity index (χ0n) is 9.48. The molecule has 0 saturated heterocycles. The summed E-state index contributed by atoms with van der Waals surface area (Å²) in [6.07, 6.45) is 0. The lowest BCUT2D eigenvalue weighted by Gasteiger charge is -2.04. The van der Waals surface area contributed by atoms with Crippen molar-refractivity contribution < 1.29 is 4.74 Å². The first-order valence-corrected chi connectivity index (χ1v) is 6.02. The van der Waals surface area contributed by atoms with Gasteiger partial charge in [-0.15, -0.1) is 5.10 Å². The highest BCUT2D eigenvalue weighted by Gasteiger charge is 2.09. The number of aromatic nitrogens is 3. The molecular formula is C10H14BrN5O. The molecule has 0 saturated carbocycles. The molecule has 92 valence electrons. The highest BCUT2D eigenvalue weighted by Crippen LogP contribution is 2.18. The Kier molecular flexibility index (Phi) is 3.93. The molecule has 0 aliphatic rings. The number of ether oxygens (including phenoxy) is 1. The van der Waals surface area contributed by atoms with Crippen molar-refractivity contribution in [3.05, 3.63) is 22.4 Å². The third-order valence-corrected chi connectivity index (χ3v) is 3.09.